The van der Waals surface area contributed by atoms with E-state index < -0.39 is 23.4 Å². The fourth-order valence-electron chi connectivity index (χ4n) is 7.81. The lowest BCUT2D eigenvalue weighted by Crippen LogP contribution is -2.45. The Labute approximate surface area is 330 Å². The summed E-state index contributed by atoms with van der Waals surface area (Å²) in [6.07, 6.45) is 4.34. The van der Waals surface area contributed by atoms with E-state index >= 15 is 0 Å². The number of rotatable bonds is 12. The van der Waals surface area contributed by atoms with E-state index in [4.69, 9.17) is 14.2 Å². The smallest absolute Gasteiger partial charge is 0.407 e. The Bertz CT molecular complexity index is 1780. The normalized spacial score (nSPS) is 21.6. The van der Waals surface area contributed by atoms with Crippen molar-refractivity contribution in [3.63, 3.8) is 0 Å². The number of carbonyl (C=O) groups excluding carboxylic acids is 2. The van der Waals surface area contributed by atoms with Crippen LogP contribution in [-0.4, -0.2) is 120 Å². The Morgan fingerprint density at radius 3 is 2.45 bits per heavy atom. The molecule has 1 saturated carbocycles. The number of pyridine rings is 1. The number of alkyl carbamates (subject to hydrolysis) is 1. The lowest BCUT2D eigenvalue weighted by molar-refractivity contribution is -0.00431. The van der Waals surface area contributed by atoms with E-state index in [1.165, 1.54) is 11.1 Å². The van der Waals surface area contributed by atoms with Crippen LogP contribution in [0.1, 0.15) is 81.3 Å². The van der Waals surface area contributed by atoms with Gasteiger partial charge in [-0.25, -0.2) is 14.2 Å². The van der Waals surface area contributed by atoms with E-state index in [1.807, 2.05) is 39.0 Å². The number of benzene rings is 2. The molecule has 2 aliphatic heterocycles. The summed E-state index contributed by atoms with van der Waals surface area (Å²) in [7, 11) is 0. The number of β-amino-alcohol motifs (C(OH)–C–C–N with tert-alkyl or cyclic N) is 1. The Kier molecular flexibility index (Phi) is 14.3. The van der Waals surface area contributed by atoms with Crippen molar-refractivity contribution < 1.29 is 33.3 Å². The molecule has 3 aromatic rings. The highest BCUT2D eigenvalue weighted by Crippen LogP contribution is 2.33. The highest BCUT2D eigenvalue weighted by Gasteiger charge is 2.28. The van der Waals surface area contributed by atoms with Gasteiger partial charge in [-0.2, -0.15) is 0 Å². The lowest BCUT2D eigenvalue weighted by atomic mass is 9.91. The number of aliphatic hydroxyl groups excluding tert-OH is 1. The number of ether oxygens (including phenoxy) is 3. The second-order valence-electron chi connectivity index (χ2n) is 16.4. The van der Waals surface area contributed by atoms with Gasteiger partial charge in [0.05, 0.1) is 26.0 Å². The molecule has 3 fully saturated rings. The summed E-state index contributed by atoms with van der Waals surface area (Å²) in [4.78, 5) is 37.3. The van der Waals surface area contributed by atoms with Gasteiger partial charge in [0.25, 0.3) is 5.91 Å². The first-order valence-electron chi connectivity index (χ1n) is 20.2. The second-order valence-corrected chi connectivity index (χ2v) is 16.4. The van der Waals surface area contributed by atoms with Crippen LogP contribution in [0.2, 0.25) is 0 Å². The van der Waals surface area contributed by atoms with E-state index in [0.29, 0.717) is 44.6 Å². The van der Waals surface area contributed by atoms with Crippen molar-refractivity contribution in [2.24, 2.45) is 0 Å². The predicted octanol–water partition coefficient (Wildman–Crippen LogP) is 5.97. The van der Waals surface area contributed by atoms with Crippen molar-refractivity contribution in [2.45, 2.75) is 96.6 Å². The number of nitrogens with zero attached hydrogens (tertiary/aromatic N) is 4. The van der Waals surface area contributed by atoms with Crippen LogP contribution in [-0.2, 0) is 22.6 Å². The van der Waals surface area contributed by atoms with Crippen molar-refractivity contribution in [3.05, 3.63) is 77.2 Å². The number of aromatic nitrogens is 1. The van der Waals surface area contributed by atoms with E-state index in [2.05, 4.69) is 61.5 Å². The van der Waals surface area contributed by atoms with Crippen molar-refractivity contribution in [2.75, 3.05) is 59.1 Å². The van der Waals surface area contributed by atoms with E-state index in [0.717, 1.165) is 82.2 Å². The quantitative estimate of drug-likeness (QED) is 0.203. The van der Waals surface area contributed by atoms with Gasteiger partial charge in [-0.3, -0.25) is 19.5 Å². The molecule has 12 nitrogen and oxygen atoms in total. The maximum atomic E-state index is 14.5. The largest absolute Gasteiger partial charge is 0.444 e. The molecule has 0 spiro atoms. The average molecular weight is 775 g/mol. The molecule has 1 atom stereocenters. The average Bonchev–Trinajstić information content (AvgIpc) is 3.38. The van der Waals surface area contributed by atoms with Crippen LogP contribution in [0, 0.1) is 5.82 Å². The summed E-state index contributed by atoms with van der Waals surface area (Å²) in [6, 6.07) is 15.7. The van der Waals surface area contributed by atoms with Crippen LogP contribution in [0.25, 0.3) is 11.1 Å². The van der Waals surface area contributed by atoms with Crippen LogP contribution >= 0.6 is 0 Å². The zero-order valence-corrected chi connectivity index (χ0v) is 33.4. The number of halogens is 1. The number of nitrogens with one attached hydrogen (secondary N) is 2. The number of aliphatic hydroxyl groups is 1. The molecule has 3 aliphatic rings. The number of carbonyl (C=O) groups is 2. The van der Waals surface area contributed by atoms with Gasteiger partial charge in [0, 0.05) is 57.4 Å². The molecule has 2 amide bonds. The zero-order chi connectivity index (χ0) is 39.7. The first kappa shape index (κ1) is 41.5. The molecule has 304 valence electrons. The standard InChI is InChI=1S/C43H59FN6O6/c1-30-29-54-22-20-50(30)28-33-23-31(27-49-16-6-15-48(17-18-49)19-21-51)9-14-38(33)32-7-5-8-37(24-32)55-41-39(25-34(44)26-45-41)40(52)46-35-10-12-36(13-11-35)47-42(53)56-43(2,3)4/h5,7-9,14,23-26,30,35-36,51H,6,10-13,15-22,27-29H2,1-4H3,(H,46,52)(H,47,53)/t30-,35?,36?/m0/s1. The van der Waals surface area contributed by atoms with Gasteiger partial charge in [-0.05, 0) is 113 Å². The molecule has 1 aliphatic carbocycles. The highest BCUT2D eigenvalue weighted by molar-refractivity contribution is 5.96. The second kappa shape index (κ2) is 19.3. The molecule has 56 heavy (non-hydrogen) atoms. The van der Waals surface area contributed by atoms with Crippen molar-refractivity contribution >= 4 is 12.0 Å². The van der Waals surface area contributed by atoms with Crippen molar-refractivity contribution in [3.8, 4) is 22.8 Å². The summed E-state index contributed by atoms with van der Waals surface area (Å²) < 4.78 is 31.9. The molecular formula is C43H59FN6O6. The summed E-state index contributed by atoms with van der Waals surface area (Å²) >= 11 is 0. The third kappa shape index (κ3) is 11.9. The SMILES string of the molecule is C[C@H]1COCCN1Cc1cc(CN2CCCN(CCO)CC2)ccc1-c1cccc(Oc2ncc(F)cc2C(=O)NC2CCC(NC(=O)OC(C)(C)C)CC2)c1. The highest BCUT2D eigenvalue weighted by atomic mass is 19.1. The van der Waals surface area contributed by atoms with Gasteiger partial charge >= 0.3 is 6.09 Å². The van der Waals surface area contributed by atoms with Crippen LogP contribution in [0.3, 0.4) is 0 Å². The van der Waals surface area contributed by atoms with Crippen molar-refractivity contribution in [1.29, 1.82) is 0 Å². The molecule has 1 aromatic heterocycles. The summed E-state index contributed by atoms with van der Waals surface area (Å²) in [5.74, 6) is -0.592. The minimum Gasteiger partial charge on any atom is -0.444 e. The molecular weight excluding hydrogens is 716 g/mol. The van der Waals surface area contributed by atoms with E-state index in [1.54, 1.807) is 0 Å². The van der Waals surface area contributed by atoms with Gasteiger partial charge < -0.3 is 30.0 Å². The minimum absolute atomic E-state index is 0.0174. The Morgan fingerprint density at radius 1 is 0.946 bits per heavy atom. The first-order chi connectivity index (χ1) is 26.9. The van der Waals surface area contributed by atoms with Gasteiger partial charge in [0.2, 0.25) is 5.88 Å². The third-order valence-electron chi connectivity index (χ3n) is 10.8. The topological polar surface area (TPSA) is 129 Å². The van der Waals surface area contributed by atoms with Crippen LogP contribution < -0.4 is 15.4 Å². The number of hydrogen-bond donors (Lipinski definition) is 3. The van der Waals surface area contributed by atoms with Gasteiger partial charge in [0.15, 0.2) is 0 Å². The number of hydrogen-bond acceptors (Lipinski definition) is 10. The molecule has 6 rings (SSSR count). The van der Waals surface area contributed by atoms with E-state index in [-0.39, 0.29) is 36.2 Å². The molecule has 0 bridgehead atoms. The van der Waals surface area contributed by atoms with Crippen LogP contribution in [0.4, 0.5) is 9.18 Å². The molecule has 3 N–H and O–H groups in total. The lowest BCUT2D eigenvalue weighted by Gasteiger charge is -2.34. The summed E-state index contributed by atoms with van der Waals surface area (Å²) in [6.45, 7) is 16.4. The van der Waals surface area contributed by atoms with Gasteiger partial charge in [0.1, 0.15) is 22.7 Å². The molecule has 0 radical (unpaired) electrons. The van der Waals surface area contributed by atoms with Gasteiger partial charge in [-0.1, -0.05) is 30.3 Å². The van der Waals surface area contributed by atoms with Crippen molar-refractivity contribution in [1.82, 2.24) is 30.3 Å². The zero-order valence-electron chi connectivity index (χ0n) is 33.4. The summed E-state index contributed by atoms with van der Waals surface area (Å²) in [5, 5.41) is 15.4. The number of amides is 2. The maximum Gasteiger partial charge on any atom is 0.407 e. The fourth-order valence-corrected chi connectivity index (χ4v) is 7.81. The minimum atomic E-state index is -0.633. The Hall–Kier alpha value is -4.14. The van der Waals surface area contributed by atoms with Crippen LogP contribution in [0.5, 0.6) is 11.6 Å². The Balaban J connectivity index is 1.16. The first-order valence-corrected chi connectivity index (χ1v) is 20.2. The molecule has 0 unspecified atom stereocenters. The molecule has 3 heterocycles. The Morgan fingerprint density at radius 2 is 1.70 bits per heavy atom. The predicted molar refractivity (Wildman–Crippen MR) is 213 cm³/mol. The molecule has 13 heteroatoms. The number of morpholine rings is 1. The fraction of sp³-hybridized carbons (Fsp3) is 0.558. The van der Waals surface area contributed by atoms with E-state index in [9.17, 15) is 19.1 Å². The summed E-state index contributed by atoms with van der Waals surface area (Å²) in [5.41, 5.74) is 3.95. The van der Waals surface area contributed by atoms with Gasteiger partial charge in [-0.15, -0.1) is 0 Å². The monoisotopic (exact) mass is 774 g/mol. The van der Waals surface area contributed by atoms with Crippen LogP contribution in [0.15, 0.2) is 54.7 Å². The third-order valence-corrected chi connectivity index (χ3v) is 10.8. The molecule has 2 saturated heterocycles. The molecule has 2 aromatic carbocycles. The maximum absolute atomic E-state index is 14.5.